The summed E-state index contributed by atoms with van der Waals surface area (Å²) in [5.74, 6) is -1.51. The molecule has 0 fully saturated rings. The summed E-state index contributed by atoms with van der Waals surface area (Å²) < 4.78 is 0.837. The summed E-state index contributed by atoms with van der Waals surface area (Å²) in [4.78, 5) is 29.3. The van der Waals surface area contributed by atoms with Crippen molar-refractivity contribution in [3.8, 4) is 0 Å². The van der Waals surface area contributed by atoms with Crippen molar-refractivity contribution in [3.63, 3.8) is 0 Å². The summed E-state index contributed by atoms with van der Waals surface area (Å²) in [5.41, 5.74) is 0. The van der Waals surface area contributed by atoms with E-state index in [0.717, 1.165) is 29.8 Å². The number of carboxylic acids is 2. The van der Waals surface area contributed by atoms with E-state index in [9.17, 15) is 9.59 Å². The van der Waals surface area contributed by atoms with E-state index in [2.05, 4.69) is 34.9 Å². The van der Waals surface area contributed by atoms with E-state index in [0.29, 0.717) is 12.2 Å². The summed E-state index contributed by atoms with van der Waals surface area (Å²) in [6, 6.07) is 10.0. The molecule has 0 saturated carbocycles. The van der Waals surface area contributed by atoms with Gasteiger partial charge in [0.1, 0.15) is 5.82 Å². The maximum atomic E-state index is 9.55. The van der Waals surface area contributed by atoms with Crippen LogP contribution in [0.3, 0.4) is 0 Å². The Bertz CT molecular complexity index is 734. The molecule has 0 aliphatic heterocycles. The van der Waals surface area contributed by atoms with Crippen LogP contribution in [-0.4, -0.2) is 59.2 Å². The molecule has 2 N–H and O–H groups in total. The molecule has 2 rings (SSSR count). The van der Waals surface area contributed by atoms with Gasteiger partial charge in [0, 0.05) is 36.3 Å². The predicted octanol–water partition coefficient (Wildman–Crippen LogP) is 3.08. The molecule has 2 aromatic heterocycles. The number of anilines is 1. The Balaban J connectivity index is 0.000000387. The van der Waals surface area contributed by atoms with E-state index in [-0.39, 0.29) is 0 Å². The summed E-state index contributed by atoms with van der Waals surface area (Å²) in [5, 5.41) is 15.6. The largest absolute Gasteiger partial charge is 0.478 e. The molecular weight excluding hydrogens is 390 g/mol. The van der Waals surface area contributed by atoms with Crippen LogP contribution in [0.1, 0.15) is 4.88 Å². The second-order valence-corrected chi connectivity index (χ2v) is 7.43. The number of likely N-dealkylation sites (N-methyl/N-ethyl adjacent to an activating group) is 1. The van der Waals surface area contributed by atoms with Crippen molar-refractivity contribution in [1.29, 1.82) is 0 Å². The van der Waals surface area contributed by atoms with Gasteiger partial charge in [-0.3, -0.25) is 0 Å². The minimum Gasteiger partial charge on any atom is -0.478 e. The van der Waals surface area contributed by atoms with Gasteiger partial charge in [-0.05, 0) is 38.4 Å². The van der Waals surface area contributed by atoms with Gasteiger partial charge < -0.3 is 20.0 Å². The maximum Gasteiger partial charge on any atom is 0.328 e. The smallest absolute Gasteiger partial charge is 0.328 e. The molecule has 0 unspecified atom stereocenters. The monoisotopic (exact) mass is 411 g/mol. The molecule has 2 aromatic rings. The van der Waals surface area contributed by atoms with Crippen molar-refractivity contribution in [1.82, 2.24) is 9.88 Å². The van der Waals surface area contributed by atoms with Crippen LogP contribution in [0.4, 0.5) is 5.82 Å². The first-order chi connectivity index (χ1) is 12.8. The molecule has 27 heavy (non-hydrogen) atoms. The normalized spacial score (nSPS) is 10.5. The third-order valence-corrected chi connectivity index (χ3v) is 4.35. The zero-order valence-electron chi connectivity index (χ0n) is 15.1. The Kier molecular flexibility index (Phi) is 10.1. The number of thiophene rings is 1. The fraction of sp³-hybridized carbons (Fsp3) is 0.278. The summed E-state index contributed by atoms with van der Waals surface area (Å²) >= 11 is 7.62. The number of carbonyl (C=O) groups is 2. The molecule has 0 bridgehead atoms. The lowest BCUT2D eigenvalue weighted by Crippen LogP contribution is -2.31. The van der Waals surface area contributed by atoms with Crippen LogP contribution in [-0.2, 0) is 16.1 Å². The van der Waals surface area contributed by atoms with Gasteiger partial charge in [-0.1, -0.05) is 17.7 Å². The molecule has 146 valence electrons. The average molecular weight is 412 g/mol. The average Bonchev–Trinajstić information content (AvgIpc) is 3.03. The first-order valence-electron chi connectivity index (χ1n) is 7.96. The summed E-state index contributed by atoms with van der Waals surface area (Å²) in [6.45, 7) is 2.79. The topological polar surface area (TPSA) is 94.0 Å². The van der Waals surface area contributed by atoms with Gasteiger partial charge in [0.05, 0.1) is 10.9 Å². The number of aliphatic carboxylic acids is 2. The number of nitrogens with zero attached hydrogens (tertiary/aromatic N) is 3. The van der Waals surface area contributed by atoms with Crippen LogP contribution < -0.4 is 4.90 Å². The Morgan fingerprint density at radius 3 is 2.22 bits per heavy atom. The van der Waals surface area contributed by atoms with E-state index in [1.807, 2.05) is 30.5 Å². The molecule has 0 radical (unpaired) electrons. The third kappa shape index (κ3) is 10.3. The SMILES string of the molecule is CN(C)CCN(Cc1ccc(Cl)s1)c1ccccn1.O=C(O)/C=C\C(=O)O. The second kappa shape index (κ2) is 12.1. The Hall–Kier alpha value is -2.42. The van der Waals surface area contributed by atoms with E-state index < -0.39 is 11.9 Å². The Morgan fingerprint density at radius 1 is 1.11 bits per heavy atom. The molecule has 0 atom stereocenters. The zero-order valence-corrected chi connectivity index (χ0v) is 16.7. The van der Waals surface area contributed by atoms with Crippen molar-refractivity contribution in [3.05, 3.63) is 57.9 Å². The standard InChI is InChI=1S/C14H18ClN3S.C4H4O4/c1-17(2)9-10-18(14-5-3-4-8-16-14)11-12-6-7-13(15)19-12;5-3(6)1-2-4(7)8/h3-8H,9-11H2,1-2H3;1-2H,(H,5,6)(H,7,8)/b;2-1-. The van der Waals surface area contributed by atoms with Gasteiger partial charge in [-0.15, -0.1) is 11.3 Å². The van der Waals surface area contributed by atoms with E-state index >= 15 is 0 Å². The predicted molar refractivity (Wildman–Crippen MR) is 108 cm³/mol. The highest BCUT2D eigenvalue weighted by Gasteiger charge is 2.10. The number of rotatable bonds is 8. The summed E-state index contributed by atoms with van der Waals surface area (Å²) in [7, 11) is 4.16. The summed E-state index contributed by atoms with van der Waals surface area (Å²) in [6.07, 6.45) is 2.95. The van der Waals surface area contributed by atoms with Gasteiger partial charge in [0.25, 0.3) is 0 Å². The molecule has 0 spiro atoms. The van der Waals surface area contributed by atoms with Crippen molar-refractivity contribution in [2.24, 2.45) is 0 Å². The first kappa shape index (κ1) is 22.6. The molecule has 0 aromatic carbocycles. The van der Waals surface area contributed by atoms with Gasteiger partial charge in [-0.2, -0.15) is 0 Å². The van der Waals surface area contributed by atoms with Crippen LogP contribution in [0.15, 0.2) is 48.7 Å². The van der Waals surface area contributed by atoms with Crippen molar-refractivity contribution in [2.45, 2.75) is 6.54 Å². The second-order valence-electron chi connectivity index (χ2n) is 5.63. The molecule has 9 heteroatoms. The molecule has 2 heterocycles. The van der Waals surface area contributed by atoms with Crippen molar-refractivity contribution in [2.75, 3.05) is 32.1 Å². The molecule has 0 amide bonds. The number of halogens is 1. The van der Waals surface area contributed by atoms with Crippen LogP contribution in [0.2, 0.25) is 4.34 Å². The van der Waals surface area contributed by atoms with Gasteiger partial charge in [0.15, 0.2) is 0 Å². The van der Waals surface area contributed by atoms with Gasteiger partial charge in [-0.25, -0.2) is 14.6 Å². The lowest BCUT2D eigenvalue weighted by molar-refractivity contribution is -0.134. The highest BCUT2D eigenvalue weighted by molar-refractivity contribution is 7.16. The third-order valence-electron chi connectivity index (χ3n) is 3.13. The minimum atomic E-state index is -1.26. The van der Waals surface area contributed by atoms with E-state index in [1.165, 1.54) is 4.88 Å². The van der Waals surface area contributed by atoms with Gasteiger partial charge in [0.2, 0.25) is 0 Å². The molecular formula is C18H22ClN3O4S. The quantitative estimate of drug-likeness (QED) is 0.644. The number of aromatic nitrogens is 1. The van der Waals surface area contributed by atoms with Crippen LogP contribution in [0.5, 0.6) is 0 Å². The lowest BCUT2D eigenvalue weighted by Gasteiger charge is -2.24. The Morgan fingerprint density at radius 2 is 1.78 bits per heavy atom. The molecule has 0 aliphatic carbocycles. The van der Waals surface area contributed by atoms with E-state index in [4.69, 9.17) is 21.8 Å². The number of carboxylic acid groups (broad SMARTS) is 2. The number of hydrogen-bond acceptors (Lipinski definition) is 6. The highest BCUT2D eigenvalue weighted by atomic mass is 35.5. The minimum absolute atomic E-state index is 0.558. The lowest BCUT2D eigenvalue weighted by atomic mass is 10.3. The zero-order chi connectivity index (χ0) is 20.2. The molecule has 7 nitrogen and oxygen atoms in total. The highest BCUT2D eigenvalue weighted by Crippen LogP contribution is 2.24. The van der Waals surface area contributed by atoms with Crippen molar-refractivity contribution >= 4 is 40.7 Å². The van der Waals surface area contributed by atoms with Crippen LogP contribution in [0, 0.1) is 0 Å². The van der Waals surface area contributed by atoms with Crippen LogP contribution >= 0.6 is 22.9 Å². The van der Waals surface area contributed by atoms with Crippen molar-refractivity contribution < 1.29 is 19.8 Å². The maximum absolute atomic E-state index is 9.55. The molecule has 0 saturated heterocycles. The van der Waals surface area contributed by atoms with Gasteiger partial charge >= 0.3 is 11.9 Å². The fourth-order valence-electron chi connectivity index (χ4n) is 1.90. The van der Waals surface area contributed by atoms with Crippen LogP contribution in [0.25, 0.3) is 0 Å². The number of pyridine rings is 1. The fourth-order valence-corrected chi connectivity index (χ4v) is 3.01. The van der Waals surface area contributed by atoms with E-state index in [1.54, 1.807) is 11.3 Å². The Labute approximate surface area is 167 Å². The number of hydrogen-bond donors (Lipinski definition) is 2. The first-order valence-corrected chi connectivity index (χ1v) is 9.16. The molecule has 0 aliphatic rings.